The van der Waals surface area contributed by atoms with Crippen molar-refractivity contribution in [2.24, 2.45) is 0 Å². The Hall–Kier alpha value is -2.75. The van der Waals surface area contributed by atoms with Crippen molar-refractivity contribution >= 4 is 16.9 Å². The number of hydrogen-bond acceptors (Lipinski definition) is 3. The molecule has 4 heteroatoms. The van der Waals surface area contributed by atoms with Gasteiger partial charge in [0.1, 0.15) is 5.75 Å². The minimum atomic E-state index is -0.345. The Bertz CT molecular complexity index is 836. The van der Waals surface area contributed by atoms with Crippen LogP contribution in [0.5, 0.6) is 5.75 Å². The predicted molar refractivity (Wildman–Crippen MR) is 90.1 cm³/mol. The Morgan fingerprint density at radius 2 is 1.83 bits per heavy atom. The average Bonchev–Trinajstić information content (AvgIpc) is 2.99. The highest BCUT2D eigenvalue weighted by Gasteiger charge is 2.24. The maximum absolute atomic E-state index is 12.4. The van der Waals surface area contributed by atoms with Crippen molar-refractivity contribution in [2.75, 3.05) is 14.2 Å². The van der Waals surface area contributed by atoms with E-state index in [9.17, 15) is 4.79 Å². The van der Waals surface area contributed by atoms with E-state index < -0.39 is 0 Å². The number of fused-ring (bicyclic) bond motifs is 1. The van der Waals surface area contributed by atoms with E-state index in [1.54, 1.807) is 7.11 Å². The number of esters is 1. The first-order chi connectivity index (χ1) is 11.2. The van der Waals surface area contributed by atoms with Crippen molar-refractivity contribution in [3.05, 3.63) is 65.4 Å². The molecule has 0 bridgehead atoms. The van der Waals surface area contributed by atoms with Crippen molar-refractivity contribution in [2.45, 2.75) is 12.8 Å². The Morgan fingerprint density at radius 1 is 1.09 bits per heavy atom. The van der Waals surface area contributed by atoms with E-state index in [0.717, 1.165) is 22.2 Å². The topological polar surface area (TPSA) is 51.3 Å². The van der Waals surface area contributed by atoms with Crippen LogP contribution in [0.1, 0.15) is 34.5 Å². The number of rotatable bonds is 4. The van der Waals surface area contributed by atoms with E-state index in [-0.39, 0.29) is 11.9 Å². The summed E-state index contributed by atoms with van der Waals surface area (Å²) in [7, 11) is 3.01. The van der Waals surface area contributed by atoms with Crippen LogP contribution in [-0.4, -0.2) is 25.2 Å². The lowest BCUT2D eigenvalue weighted by Crippen LogP contribution is -2.07. The van der Waals surface area contributed by atoms with Gasteiger partial charge in [-0.05, 0) is 23.8 Å². The molecule has 2 aromatic carbocycles. The van der Waals surface area contributed by atoms with Crippen LogP contribution in [0.15, 0.2) is 48.5 Å². The maximum atomic E-state index is 12.4. The van der Waals surface area contributed by atoms with Gasteiger partial charge in [-0.25, -0.2) is 4.79 Å². The number of benzene rings is 2. The molecule has 1 heterocycles. The third-order valence-corrected chi connectivity index (χ3v) is 4.16. The molecule has 23 heavy (non-hydrogen) atoms. The highest BCUT2D eigenvalue weighted by Crippen LogP contribution is 2.33. The lowest BCUT2D eigenvalue weighted by Gasteiger charge is -2.12. The Morgan fingerprint density at radius 3 is 2.48 bits per heavy atom. The van der Waals surface area contributed by atoms with Gasteiger partial charge in [0.15, 0.2) is 0 Å². The van der Waals surface area contributed by atoms with Crippen LogP contribution in [0.4, 0.5) is 0 Å². The van der Waals surface area contributed by atoms with Gasteiger partial charge in [0.25, 0.3) is 0 Å². The number of ether oxygens (including phenoxy) is 2. The third kappa shape index (κ3) is 2.68. The van der Waals surface area contributed by atoms with Crippen LogP contribution in [0.2, 0.25) is 0 Å². The average molecular weight is 309 g/mol. The molecule has 1 aromatic heterocycles. The molecule has 4 nitrogen and oxygen atoms in total. The second-order valence-electron chi connectivity index (χ2n) is 5.45. The number of carbonyl (C=O) groups excluding carboxylic acids is 1. The summed E-state index contributed by atoms with van der Waals surface area (Å²) in [6.45, 7) is 2.07. The number of methoxy groups -OCH3 is 2. The zero-order valence-corrected chi connectivity index (χ0v) is 13.4. The second kappa shape index (κ2) is 6.16. The molecule has 0 aliphatic carbocycles. The second-order valence-corrected chi connectivity index (χ2v) is 5.45. The molecule has 0 saturated heterocycles. The van der Waals surface area contributed by atoms with E-state index >= 15 is 0 Å². The van der Waals surface area contributed by atoms with Crippen molar-refractivity contribution in [1.29, 1.82) is 0 Å². The fourth-order valence-electron chi connectivity index (χ4n) is 2.87. The molecule has 3 rings (SSSR count). The molecule has 1 unspecified atom stereocenters. The molecule has 0 radical (unpaired) electrons. The molecule has 0 saturated carbocycles. The molecular formula is C19H19NO3. The zero-order valence-electron chi connectivity index (χ0n) is 13.4. The molecule has 118 valence electrons. The van der Waals surface area contributed by atoms with Gasteiger partial charge >= 0.3 is 5.97 Å². The van der Waals surface area contributed by atoms with E-state index in [1.807, 2.05) is 36.4 Å². The van der Waals surface area contributed by atoms with Crippen LogP contribution in [0.3, 0.4) is 0 Å². The summed E-state index contributed by atoms with van der Waals surface area (Å²) in [5, 5.41) is 0.814. The van der Waals surface area contributed by atoms with Crippen molar-refractivity contribution in [3.8, 4) is 5.75 Å². The summed E-state index contributed by atoms with van der Waals surface area (Å²) in [6, 6.07) is 15.7. The van der Waals surface area contributed by atoms with E-state index in [2.05, 4.69) is 24.0 Å². The Balaban J connectivity index is 2.21. The highest BCUT2D eigenvalue weighted by atomic mass is 16.5. The minimum absolute atomic E-state index is 0.0451. The Labute approximate surface area is 135 Å². The molecule has 0 amide bonds. The summed E-state index contributed by atoms with van der Waals surface area (Å²) in [4.78, 5) is 15.7. The first-order valence-corrected chi connectivity index (χ1v) is 7.48. The molecule has 0 spiro atoms. The smallest absolute Gasteiger partial charge is 0.340 e. The number of H-pyrrole nitrogens is 1. The highest BCUT2D eigenvalue weighted by molar-refractivity contribution is 6.06. The monoisotopic (exact) mass is 309 g/mol. The van der Waals surface area contributed by atoms with Crippen LogP contribution < -0.4 is 4.74 Å². The number of aromatic nitrogens is 1. The van der Waals surface area contributed by atoms with Crippen LogP contribution >= 0.6 is 0 Å². The number of carbonyl (C=O) groups is 1. The van der Waals surface area contributed by atoms with E-state index in [1.165, 1.54) is 7.11 Å². The molecular weight excluding hydrogens is 290 g/mol. The van der Waals surface area contributed by atoms with Gasteiger partial charge in [-0.1, -0.05) is 37.3 Å². The predicted octanol–water partition coefficient (Wildman–Crippen LogP) is 4.11. The summed E-state index contributed by atoms with van der Waals surface area (Å²) in [5.41, 5.74) is 3.45. The standard InChI is InChI=1S/C19H19NO3/c1-12(13-7-5-4-6-8-13)18-17(19(21)23-3)15-11-14(22-2)9-10-16(15)20-18/h4-12,20H,1-3H3. The van der Waals surface area contributed by atoms with Gasteiger partial charge in [0, 0.05) is 22.5 Å². The third-order valence-electron chi connectivity index (χ3n) is 4.16. The lowest BCUT2D eigenvalue weighted by atomic mass is 9.94. The van der Waals surface area contributed by atoms with Gasteiger partial charge in [0.05, 0.1) is 19.8 Å². The van der Waals surface area contributed by atoms with Gasteiger partial charge in [-0.2, -0.15) is 0 Å². The fourth-order valence-corrected chi connectivity index (χ4v) is 2.87. The Kier molecular flexibility index (Phi) is 4.06. The first kappa shape index (κ1) is 15.2. The number of hydrogen-bond donors (Lipinski definition) is 1. The van der Waals surface area contributed by atoms with Crippen molar-refractivity contribution < 1.29 is 14.3 Å². The van der Waals surface area contributed by atoms with Crippen LogP contribution in [0, 0.1) is 0 Å². The lowest BCUT2D eigenvalue weighted by molar-refractivity contribution is 0.0601. The summed E-state index contributed by atoms with van der Waals surface area (Å²) in [5.74, 6) is 0.409. The summed E-state index contributed by atoms with van der Waals surface area (Å²) in [6.07, 6.45) is 0. The molecule has 1 N–H and O–H groups in total. The molecule has 0 fully saturated rings. The van der Waals surface area contributed by atoms with Gasteiger partial charge in [-0.3, -0.25) is 0 Å². The number of aromatic amines is 1. The van der Waals surface area contributed by atoms with Gasteiger partial charge in [0.2, 0.25) is 0 Å². The van der Waals surface area contributed by atoms with Gasteiger partial charge < -0.3 is 14.5 Å². The zero-order chi connectivity index (χ0) is 16.4. The minimum Gasteiger partial charge on any atom is -0.497 e. The quantitative estimate of drug-likeness (QED) is 0.738. The fraction of sp³-hybridized carbons (Fsp3) is 0.211. The SMILES string of the molecule is COC(=O)c1c(C(C)c2ccccc2)[nH]c2ccc(OC)cc12. The van der Waals surface area contributed by atoms with Crippen LogP contribution in [0.25, 0.3) is 10.9 Å². The van der Waals surface area contributed by atoms with Crippen molar-refractivity contribution in [3.63, 3.8) is 0 Å². The molecule has 1 atom stereocenters. The molecule has 3 aromatic rings. The summed E-state index contributed by atoms with van der Waals surface area (Å²) < 4.78 is 10.3. The van der Waals surface area contributed by atoms with E-state index in [4.69, 9.17) is 9.47 Å². The van der Waals surface area contributed by atoms with Gasteiger partial charge in [-0.15, -0.1) is 0 Å². The molecule has 0 aliphatic heterocycles. The van der Waals surface area contributed by atoms with Crippen molar-refractivity contribution in [1.82, 2.24) is 4.98 Å². The normalized spacial score (nSPS) is 12.1. The summed E-state index contributed by atoms with van der Waals surface area (Å²) >= 11 is 0. The van der Waals surface area contributed by atoms with E-state index in [0.29, 0.717) is 11.3 Å². The largest absolute Gasteiger partial charge is 0.497 e. The molecule has 0 aliphatic rings. The first-order valence-electron chi connectivity index (χ1n) is 7.48. The van der Waals surface area contributed by atoms with Crippen LogP contribution in [-0.2, 0) is 4.74 Å². The maximum Gasteiger partial charge on any atom is 0.340 e. The number of nitrogens with one attached hydrogen (secondary N) is 1.